The molecule has 0 heterocycles. The molecule has 0 aliphatic heterocycles. The molecule has 4 rings (SSSR count). The minimum Gasteiger partial charge on any atom is -0.0622 e. The summed E-state index contributed by atoms with van der Waals surface area (Å²) in [5.41, 5.74) is 0. The molecule has 0 nitrogen and oxygen atoms in total. The molecule has 4 aromatic carbocycles. The van der Waals surface area contributed by atoms with Gasteiger partial charge in [-0.15, -0.1) is 0 Å². The Morgan fingerprint density at radius 2 is 0.633 bits per heavy atom. The molecule has 0 saturated heterocycles. The van der Waals surface area contributed by atoms with Crippen LogP contribution in [0.2, 0.25) is 0 Å². The minimum atomic E-state index is -0.409. The first-order chi connectivity index (χ1) is 14.8. The molecule has 30 heavy (non-hydrogen) atoms. The average Bonchev–Trinajstić information content (AvgIpc) is 2.83. The summed E-state index contributed by atoms with van der Waals surface area (Å²) < 4.78 is 0. The molecule has 0 amide bonds. The second-order valence-corrected chi connectivity index (χ2v) is 13.0. The van der Waals surface area contributed by atoms with Crippen LogP contribution in [0, 0.1) is 0 Å². The Labute approximate surface area is 196 Å². The fourth-order valence-electron chi connectivity index (χ4n) is 3.20. The number of rotatable bonds is 6. The predicted octanol–water partition coefficient (Wildman–Crippen LogP) is 6.59. The maximum atomic E-state index is 4.73. The zero-order chi connectivity index (χ0) is 21.0. The number of benzene rings is 4. The molecule has 0 radical (unpaired) electrons. The molecule has 5 heteroatoms. The van der Waals surface area contributed by atoms with Gasteiger partial charge in [0.1, 0.15) is 0 Å². The van der Waals surface area contributed by atoms with Gasteiger partial charge in [-0.3, -0.25) is 0 Å². The maximum absolute atomic E-state index is 4.73. The maximum Gasteiger partial charge on any atom is 0.00405 e. The van der Waals surface area contributed by atoms with Gasteiger partial charge in [-0.1, -0.05) is 121 Å². The predicted molar refractivity (Wildman–Crippen MR) is 135 cm³/mol. The van der Waals surface area contributed by atoms with Gasteiger partial charge in [0.05, 0.1) is 0 Å². The number of halogens is 2. The van der Waals surface area contributed by atoms with Gasteiger partial charge in [-0.05, 0) is 37.1 Å². The summed E-state index contributed by atoms with van der Waals surface area (Å²) in [4.78, 5) is 0. The van der Waals surface area contributed by atoms with E-state index in [0.29, 0.717) is 12.9 Å². The summed E-state index contributed by atoms with van der Waals surface area (Å²) >= 11 is 0.382. The fourth-order valence-corrected chi connectivity index (χ4v) is 9.67. The SMILES string of the molecule is [Cl][Co][Cl].c1ccc(P(CP(c2ccccc2)c2ccccc2)c2ccccc2)cc1. The van der Waals surface area contributed by atoms with Crippen molar-refractivity contribution in [1.82, 2.24) is 0 Å². The van der Waals surface area contributed by atoms with Gasteiger partial charge in [0.25, 0.3) is 0 Å². The van der Waals surface area contributed by atoms with Crippen LogP contribution < -0.4 is 21.2 Å². The van der Waals surface area contributed by atoms with E-state index in [1.54, 1.807) is 0 Å². The van der Waals surface area contributed by atoms with Crippen LogP contribution in [0.15, 0.2) is 121 Å². The van der Waals surface area contributed by atoms with E-state index in [0.717, 1.165) is 0 Å². The molecule has 0 N–H and O–H groups in total. The Morgan fingerprint density at radius 3 is 0.833 bits per heavy atom. The largest absolute Gasteiger partial charge is 0.0622 e. The van der Waals surface area contributed by atoms with Gasteiger partial charge in [0.15, 0.2) is 0 Å². The van der Waals surface area contributed by atoms with Gasteiger partial charge in [0.2, 0.25) is 0 Å². The van der Waals surface area contributed by atoms with Crippen LogP contribution in [0.25, 0.3) is 0 Å². The molecule has 0 aliphatic rings. The van der Waals surface area contributed by atoms with E-state index in [1.807, 2.05) is 0 Å². The van der Waals surface area contributed by atoms with Crippen LogP contribution in [0.1, 0.15) is 0 Å². The Balaban J connectivity index is 0.000000806. The van der Waals surface area contributed by atoms with Gasteiger partial charge in [0, 0.05) is 5.90 Å². The third-order valence-electron chi connectivity index (χ3n) is 4.55. The zero-order valence-electron chi connectivity index (χ0n) is 16.2. The quantitative estimate of drug-likeness (QED) is 0.255. The van der Waals surface area contributed by atoms with Crippen molar-refractivity contribution in [2.24, 2.45) is 0 Å². The van der Waals surface area contributed by atoms with Crippen LogP contribution in [0.3, 0.4) is 0 Å². The topological polar surface area (TPSA) is 0 Å². The Morgan fingerprint density at radius 1 is 0.433 bits per heavy atom. The van der Waals surface area contributed by atoms with E-state index in [1.165, 1.54) is 27.1 Å². The van der Waals surface area contributed by atoms with E-state index < -0.39 is 15.8 Å². The standard InChI is InChI=1S/C25H22P2.2ClH.Co/c1-5-13-22(14-6-1)26(23-15-7-2-8-16-23)21-27(24-17-9-3-10-18-24)25-19-11-4-12-20-25;;;/h1-20H,21H2;2*1H;/q;;;+2/p-2. The Hall–Kier alpha value is -1.17. The first-order valence-corrected chi connectivity index (χ1v) is 15.3. The van der Waals surface area contributed by atoms with E-state index in [4.69, 9.17) is 20.3 Å². The third-order valence-corrected chi connectivity index (χ3v) is 10.5. The molecule has 0 aliphatic carbocycles. The van der Waals surface area contributed by atoms with Crippen molar-refractivity contribution in [3.63, 3.8) is 0 Å². The summed E-state index contributed by atoms with van der Waals surface area (Å²) in [7, 11) is 8.65. The molecule has 0 spiro atoms. The van der Waals surface area contributed by atoms with Crippen molar-refractivity contribution < 1.29 is 12.9 Å². The normalized spacial score (nSPS) is 10.7. The first-order valence-electron chi connectivity index (χ1n) is 9.42. The second-order valence-electron chi connectivity index (χ2n) is 6.39. The molecule has 4 aromatic rings. The molecular weight excluding hydrogens is 492 g/mol. The summed E-state index contributed by atoms with van der Waals surface area (Å²) in [6.45, 7) is 0. The molecule has 0 bridgehead atoms. The molecular formula is C25H22Cl2CoP2. The third kappa shape index (κ3) is 6.93. The van der Waals surface area contributed by atoms with Crippen LogP contribution in [0.5, 0.6) is 0 Å². The van der Waals surface area contributed by atoms with Gasteiger partial charge >= 0.3 is 33.2 Å². The van der Waals surface area contributed by atoms with Crippen molar-refractivity contribution in [3.05, 3.63) is 121 Å². The molecule has 0 atom stereocenters. The Bertz CT molecular complexity index is 811. The average molecular weight is 514 g/mol. The molecule has 0 aromatic heterocycles. The molecule has 0 fully saturated rings. The van der Waals surface area contributed by atoms with Crippen molar-refractivity contribution in [2.75, 3.05) is 5.90 Å². The van der Waals surface area contributed by atoms with Crippen molar-refractivity contribution in [3.8, 4) is 0 Å². The van der Waals surface area contributed by atoms with Gasteiger partial charge < -0.3 is 0 Å². The van der Waals surface area contributed by atoms with Crippen LogP contribution in [0.4, 0.5) is 0 Å². The van der Waals surface area contributed by atoms with Crippen LogP contribution >= 0.6 is 36.1 Å². The van der Waals surface area contributed by atoms with Crippen molar-refractivity contribution in [1.29, 1.82) is 0 Å². The first kappa shape index (κ1) is 23.5. The minimum absolute atomic E-state index is 0.382. The number of hydrogen-bond acceptors (Lipinski definition) is 0. The second kappa shape index (κ2) is 13.3. The molecule has 0 saturated carbocycles. The molecule has 0 unspecified atom stereocenters. The van der Waals surface area contributed by atoms with Crippen LogP contribution in [-0.2, 0) is 12.9 Å². The molecule has 155 valence electrons. The summed E-state index contributed by atoms with van der Waals surface area (Å²) in [6.07, 6.45) is 0. The summed E-state index contributed by atoms with van der Waals surface area (Å²) in [5, 5.41) is 5.83. The van der Waals surface area contributed by atoms with Crippen LogP contribution in [-0.4, -0.2) is 5.90 Å². The smallest absolute Gasteiger partial charge is 0.00405 e. The van der Waals surface area contributed by atoms with Crippen molar-refractivity contribution >= 4 is 57.4 Å². The van der Waals surface area contributed by atoms with Crippen molar-refractivity contribution in [2.45, 2.75) is 0 Å². The van der Waals surface area contributed by atoms with E-state index in [2.05, 4.69) is 121 Å². The number of hydrogen-bond donors (Lipinski definition) is 0. The van der Waals surface area contributed by atoms with E-state index in [9.17, 15) is 0 Å². The van der Waals surface area contributed by atoms with Gasteiger partial charge in [-0.2, -0.15) is 0 Å². The van der Waals surface area contributed by atoms with E-state index in [-0.39, 0.29) is 0 Å². The zero-order valence-corrected chi connectivity index (χ0v) is 20.6. The summed E-state index contributed by atoms with van der Waals surface area (Å²) in [6, 6.07) is 44.1. The van der Waals surface area contributed by atoms with Gasteiger partial charge in [-0.25, -0.2) is 0 Å². The summed E-state index contributed by atoms with van der Waals surface area (Å²) in [5.74, 6) is 1.17. The fraction of sp³-hybridized carbons (Fsp3) is 0.0400. The monoisotopic (exact) mass is 513 g/mol. The van der Waals surface area contributed by atoms with E-state index >= 15 is 0 Å². The Kier molecular flexibility index (Phi) is 10.4.